The first kappa shape index (κ1) is 17.7. The maximum absolute atomic E-state index is 12.6. The third kappa shape index (κ3) is 4.10. The van der Waals surface area contributed by atoms with Crippen LogP contribution in [0.25, 0.3) is 5.69 Å². The van der Waals surface area contributed by atoms with Crippen molar-refractivity contribution in [1.82, 2.24) is 19.6 Å². The summed E-state index contributed by atoms with van der Waals surface area (Å²) in [6.45, 7) is 5.78. The van der Waals surface area contributed by atoms with Gasteiger partial charge >= 0.3 is 0 Å². The van der Waals surface area contributed by atoms with Crippen LogP contribution < -0.4 is 0 Å². The van der Waals surface area contributed by atoms with Gasteiger partial charge in [0, 0.05) is 24.8 Å². The van der Waals surface area contributed by atoms with Crippen LogP contribution in [0.5, 0.6) is 0 Å². The maximum Gasteiger partial charge on any atom is 0.226 e. The Hall–Kier alpha value is -2.14. The number of likely N-dealkylation sites (tertiary alicyclic amines) is 1. The topological polar surface area (TPSA) is 41.4 Å². The fraction of sp³-hybridized carbons (Fsp3) is 0.500. The second-order valence-corrected chi connectivity index (χ2v) is 7.26. The van der Waals surface area contributed by atoms with Gasteiger partial charge < -0.3 is 9.80 Å². The molecule has 0 saturated carbocycles. The molecule has 1 fully saturated rings. The quantitative estimate of drug-likeness (QED) is 0.859. The largest absolute Gasteiger partial charge is 0.342 e. The predicted octanol–water partition coefficient (Wildman–Crippen LogP) is 2.58. The van der Waals surface area contributed by atoms with Gasteiger partial charge in [0.2, 0.25) is 5.91 Å². The Labute approximate surface area is 150 Å². The van der Waals surface area contributed by atoms with E-state index in [2.05, 4.69) is 37.1 Å². The number of nitrogens with zero attached hydrogens (tertiary/aromatic N) is 4. The fourth-order valence-corrected chi connectivity index (χ4v) is 3.56. The molecule has 0 unspecified atom stereocenters. The van der Waals surface area contributed by atoms with Crippen molar-refractivity contribution in [1.29, 1.82) is 0 Å². The van der Waals surface area contributed by atoms with Crippen LogP contribution in [-0.4, -0.2) is 58.7 Å². The summed E-state index contributed by atoms with van der Waals surface area (Å²) < 4.78 is 1.94. The molecule has 1 aliphatic rings. The molecule has 1 saturated heterocycles. The zero-order chi connectivity index (χ0) is 18.0. The minimum atomic E-state index is 0.232. The van der Waals surface area contributed by atoms with Gasteiger partial charge in [-0.25, -0.2) is 4.68 Å². The molecule has 1 aliphatic heterocycles. The lowest BCUT2D eigenvalue weighted by Crippen LogP contribution is -2.44. The number of aryl methyl sites for hydroxylation is 2. The molecule has 0 aliphatic carbocycles. The average molecular weight is 340 g/mol. The van der Waals surface area contributed by atoms with E-state index in [1.54, 1.807) is 0 Å². The Bertz CT molecular complexity index is 725. The van der Waals surface area contributed by atoms with Crippen LogP contribution >= 0.6 is 0 Å². The van der Waals surface area contributed by atoms with Gasteiger partial charge in [0.05, 0.1) is 17.8 Å². The van der Waals surface area contributed by atoms with E-state index in [0.717, 1.165) is 48.6 Å². The van der Waals surface area contributed by atoms with Crippen molar-refractivity contribution in [3.05, 3.63) is 47.3 Å². The van der Waals surface area contributed by atoms with Crippen LogP contribution in [0.15, 0.2) is 30.3 Å². The van der Waals surface area contributed by atoms with Gasteiger partial charge in [-0.1, -0.05) is 12.1 Å². The third-order valence-corrected chi connectivity index (χ3v) is 5.09. The molecule has 134 valence electrons. The van der Waals surface area contributed by atoms with E-state index < -0.39 is 0 Å². The Balaban J connectivity index is 1.60. The zero-order valence-electron chi connectivity index (χ0n) is 15.7. The summed E-state index contributed by atoms with van der Waals surface area (Å²) in [5.74, 6) is 0.232. The molecule has 3 rings (SSSR count). The summed E-state index contributed by atoms with van der Waals surface area (Å²) in [4.78, 5) is 16.8. The van der Waals surface area contributed by atoms with Crippen molar-refractivity contribution in [3.8, 4) is 5.69 Å². The van der Waals surface area contributed by atoms with Crippen molar-refractivity contribution < 1.29 is 4.79 Å². The average Bonchev–Trinajstić information content (AvgIpc) is 2.94. The molecule has 1 amide bonds. The summed E-state index contributed by atoms with van der Waals surface area (Å²) >= 11 is 0. The van der Waals surface area contributed by atoms with Crippen molar-refractivity contribution in [2.45, 2.75) is 39.2 Å². The molecule has 0 radical (unpaired) electrons. The Morgan fingerprint density at radius 1 is 1.16 bits per heavy atom. The SMILES string of the molecule is Cc1cc(C)n(-c2ccc(CC(=O)N3CCC(N(C)C)CC3)cc2)n1. The van der Waals surface area contributed by atoms with E-state index in [-0.39, 0.29) is 5.91 Å². The molecular weight excluding hydrogens is 312 g/mol. The van der Waals surface area contributed by atoms with Crippen molar-refractivity contribution in [2.24, 2.45) is 0 Å². The number of carbonyl (C=O) groups excluding carboxylic acids is 1. The molecule has 0 bridgehead atoms. The van der Waals surface area contributed by atoms with Crippen molar-refractivity contribution in [3.63, 3.8) is 0 Å². The lowest BCUT2D eigenvalue weighted by atomic mass is 10.0. The molecule has 0 atom stereocenters. The van der Waals surface area contributed by atoms with Crippen molar-refractivity contribution in [2.75, 3.05) is 27.2 Å². The standard InChI is InChI=1S/C20H28N4O/c1-15-13-16(2)24(21-15)19-7-5-17(6-8-19)14-20(25)23-11-9-18(10-12-23)22(3)4/h5-8,13,18H,9-12,14H2,1-4H3. The normalized spacial score (nSPS) is 15.8. The highest BCUT2D eigenvalue weighted by molar-refractivity contribution is 5.79. The van der Waals surface area contributed by atoms with Gasteiger partial charge in [-0.15, -0.1) is 0 Å². The number of benzene rings is 1. The zero-order valence-corrected chi connectivity index (χ0v) is 15.7. The number of amides is 1. The summed E-state index contributed by atoms with van der Waals surface area (Å²) in [5, 5.41) is 4.50. The summed E-state index contributed by atoms with van der Waals surface area (Å²) in [6.07, 6.45) is 2.61. The number of hydrogen-bond donors (Lipinski definition) is 0. The Morgan fingerprint density at radius 2 is 1.80 bits per heavy atom. The summed E-state index contributed by atoms with van der Waals surface area (Å²) in [6, 6.07) is 10.8. The van der Waals surface area contributed by atoms with Crippen LogP contribution in [0.1, 0.15) is 29.8 Å². The number of hydrogen-bond acceptors (Lipinski definition) is 3. The van der Waals surface area contributed by atoms with Gasteiger partial charge in [-0.05, 0) is 64.5 Å². The lowest BCUT2D eigenvalue weighted by Gasteiger charge is -2.35. The molecule has 2 heterocycles. The molecule has 5 nitrogen and oxygen atoms in total. The van der Waals surface area contributed by atoms with E-state index in [0.29, 0.717) is 12.5 Å². The van der Waals surface area contributed by atoms with Gasteiger partial charge in [-0.2, -0.15) is 5.10 Å². The molecular formula is C20H28N4O. The second-order valence-electron chi connectivity index (χ2n) is 7.26. The number of aromatic nitrogens is 2. The van der Waals surface area contributed by atoms with Crippen LogP contribution in [0.2, 0.25) is 0 Å². The summed E-state index contributed by atoms with van der Waals surface area (Å²) in [7, 11) is 4.24. The second kappa shape index (κ2) is 7.40. The Morgan fingerprint density at radius 3 is 2.32 bits per heavy atom. The van der Waals surface area contributed by atoms with Gasteiger partial charge in [0.15, 0.2) is 0 Å². The van der Waals surface area contributed by atoms with Crippen LogP contribution in [-0.2, 0) is 11.2 Å². The molecule has 0 N–H and O–H groups in total. The molecule has 0 spiro atoms. The highest BCUT2D eigenvalue weighted by Gasteiger charge is 2.23. The summed E-state index contributed by atoms with van der Waals surface area (Å²) in [5.41, 5.74) is 4.22. The van der Waals surface area contributed by atoms with Gasteiger partial charge in [0.1, 0.15) is 0 Å². The van der Waals surface area contributed by atoms with Crippen LogP contribution in [0, 0.1) is 13.8 Å². The molecule has 25 heavy (non-hydrogen) atoms. The number of rotatable bonds is 4. The minimum absolute atomic E-state index is 0.232. The van der Waals surface area contributed by atoms with E-state index in [1.165, 1.54) is 0 Å². The Kier molecular flexibility index (Phi) is 5.23. The smallest absolute Gasteiger partial charge is 0.226 e. The van der Waals surface area contributed by atoms with Crippen LogP contribution in [0.3, 0.4) is 0 Å². The van der Waals surface area contributed by atoms with Gasteiger partial charge in [-0.3, -0.25) is 4.79 Å². The van der Waals surface area contributed by atoms with Crippen LogP contribution in [0.4, 0.5) is 0 Å². The first-order valence-corrected chi connectivity index (χ1v) is 9.01. The number of piperidine rings is 1. The number of carbonyl (C=O) groups is 1. The lowest BCUT2D eigenvalue weighted by molar-refractivity contribution is -0.131. The molecule has 1 aromatic heterocycles. The monoisotopic (exact) mass is 340 g/mol. The predicted molar refractivity (Wildman–Crippen MR) is 100 cm³/mol. The molecule has 1 aromatic carbocycles. The first-order valence-electron chi connectivity index (χ1n) is 9.01. The molecule has 2 aromatic rings. The van der Waals surface area contributed by atoms with Crippen molar-refractivity contribution >= 4 is 5.91 Å². The fourth-order valence-electron chi connectivity index (χ4n) is 3.56. The van der Waals surface area contributed by atoms with E-state index in [1.807, 2.05) is 40.8 Å². The van der Waals surface area contributed by atoms with E-state index in [9.17, 15) is 4.79 Å². The van der Waals surface area contributed by atoms with Gasteiger partial charge in [0.25, 0.3) is 0 Å². The highest BCUT2D eigenvalue weighted by Crippen LogP contribution is 2.17. The molecule has 5 heteroatoms. The minimum Gasteiger partial charge on any atom is -0.342 e. The third-order valence-electron chi connectivity index (χ3n) is 5.09. The maximum atomic E-state index is 12.6. The first-order chi connectivity index (χ1) is 11.9. The van der Waals surface area contributed by atoms with E-state index in [4.69, 9.17) is 0 Å². The van der Waals surface area contributed by atoms with E-state index >= 15 is 0 Å². The highest BCUT2D eigenvalue weighted by atomic mass is 16.2.